The molecule has 0 aliphatic carbocycles. The SMILES string of the molecule is C=CC(/C=N/Nc1cc(N2CCOCC2)n2nc(-c3ccncc3)cc2n1)=C\C(=C)C(C)C. The summed E-state index contributed by atoms with van der Waals surface area (Å²) in [5, 5.41) is 9.20. The highest BCUT2D eigenvalue weighted by Crippen LogP contribution is 2.25. The highest BCUT2D eigenvalue weighted by molar-refractivity contribution is 5.83. The van der Waals surface area contributed by atoms with Gasteiger partial charge in [0.15, 0.2) is 11.5 Å². The predicted molar refractivity (Wildman–Crippen MR) is 134 cm³/mol. The van der Waals surface area contributed by atoms with Crippen LogP contribution in [0.3, 0.4) is 0 Å². The predicted octanol–water partition coefficient (Wildman–Crippen LogP) is 4.35. The summed E-state index contributed by atoms with van der Waals surface area (Å²) in [5.74, 6) is 1.93. The number of aromatic nitrogens is 4. The summed E-state index contributed by atoms with van der Waals surface area (Å²) in [5.41, 5.74) is 7.52. The maximum Gasteiger partial charge on any atom is 0.160 e. The lowest BCUT2D eigenvalue weighted by molar-refractivity contribution is 0.122. The molecule has 3 aromatic rings. The van der Waals surface area contributed by atoms with Gasteiger partial charge in [-0.25, -0.2) is 4.98 Å². The summed E-state index contributed by atoms with van der Waals surface area (Å²) in [7, 11) is 0. The summed E-state index contributed by atoms with van der Waals surface area (Å²) >= 11 is 0. The molecule has 1 fully saturated rings. The van der Waals surface area contributed by atoms with Crippen molar-refractivity contribution in [1.29, 1.82) is 0 Å². The Morgan fingerprint density at radius 3 is 2.67 bits per heavy atom. The van der Waals surface area contributed by atoms with Gasteiger partial charge in [0.2, 0.25) is 0 Å². The Morgan fingerprint density at radius 1 is 1.21 bits per heavy atom. The molecular weight excluding hydrogens is 414 g/mol. The van der Waals surface area contributed by atoms with Crippen molar-refractivity contribution in [3.05, 3.63) is 73.1 Å². The second-order valence-corrected chi connectivity index (χ2v) is 8.08. The zero-order valence-electron chi connectivity index (χ0n) is 19.1. The van der Waals surface area contributed by atoms with Crippen LogP contribution in [0, 0.1) is 5.92 Å². The van der Waals surface area contributed by atoms with Crippen LogP contribution in [-0.2, 0) is 4.74 Å². The van der Waals surface area contributed by atoms with Crippen molar-refractivity contribution in [3.8, 4) is 11.3 Å². The molecule has 0 radical (unpaired) electrons. The fraction of sp³-hybridized carbons (Fsp3) is 0.280. The minimum absolute atomic E-state index is 0.359. The molecule has 33 heavy (non-hydrogen) atoms. The van der Waals surface area contributed by atoms with Gasteiger partial charge in [0.1, 0.15) is 5.82 Å². The zero-order valence-corrected chi connectivity index (χ0v) is 19.1. The summed E-state index contributed by atoms with van der Waals surface area (Å²) in [6.45, 7) is 15.1. The molecule has 1 N–H and O–H groups in total. The van der Waals surface area contributed by atoms with Crippen molar-refractivity contribution < 1.29 is 4.74 Å². The minimum atomic E-state index is 0.359. The van der Waals surface area contributed by atoms with Crippen LogP contribution < -0.4 is 10.3 Å². The Hall–Kier alpha value is -3.78. The average molecular weight is 444 g/mol. The van der Waals surface area contributed by atoms with Gasteiger partial charge in [-0.3, -0.25) is 10.4 Å². The van der Waals surface area contributed by atoms with Crippen LogP contribution in [-0.4, -0.2) is 52.1 Å². The van der Waals surface area contributed by atoms with E-state index in [1.807, 2.05) is 34.9 Å². The number of anilines is 2. The third kappa shape index (κ3) is 5.35. The molecule has 0 spiro atoms. The molecule has 0 amide bonds. The van der Waals surface area contributed by atoms with Crippen LogP contribution in [0.2, 0.25) is 0 Å². The highest BCUT2D eigenvalue weighted by Gasteiger charge is 2.18. The molecule has 0 unspecified atom stereocenters. The molecule has 0 atom stereocenters. The van der Waals surface area contributed by atoms with E-state index in [2.05, 4.69) is 47.4 Å². The highest BCUT2D eigenvalue weighted by atomic mass is 16.5. The molecule has 0 bridgehead atoms. The van der Waals surface area contributed by atoms with E-state index in [1.165, 1.54) is 0 Å². The number of allylic oxidation sites excluding steroid dienone is 4. The van der Waals surface area contributed by atoms with Crippen LogP contribution in [0.5, 0.6) is 0 Å². The van der Waals surface area contributed by atoms with Crippen molar-refractivity contribution in [1.82, 2.24) is 19.6 Å². The van der Waals surface area contributed by atoms with Gasteiger partial charge in [-0.05, 0) is 23.6 Å². The molecule has 1 aliphatic heterocycles. The molecule has 1 saturated heterocycles. The number of morpholine rings is 1. The lowest BCUT2D eigenvalue weighted by Crippen LogP contribution is -2.37. The van der Waals surface area contributed by atoms with E-state index < -0.39 is 0 Å². The maximum atomic E-state index is 5.53. The van der Waals surface area contributed by atoms with E-state index in [0.29, 0.717) is 24.9 Å². The summed E-state index contributed by atoms with van der Waals surface area (Å²) in [6, 6.07) is 7.81. The molecule has 4 heterocycles. The molecule has 0 aromatic carbocycles. The van der Waals surface area contributed by atoms with Crippen molar-refractivity contribution in [2.45, 2.75) is 13.8 Å². The van der Waals surface area contributed by atoms with Gasteiger partial charge >= 0.3 is 0 Å². The number of rotatable bonds is 8. The average Bonchev–Trinajstić information content (AvgIpc) is 3.28. The van der Waals surface area contributed by atoms with Gasteiger partial charge in [-0.2, -0.15) is 14.7 Å². The first kappa shape index (κ1) is 22.4. The number of hydrogen-bond acceptors (Lipinski definition) is 7. The van der Waals surface area contributed by atoms with Crippen molar-refractivity contribution in [2.24, 2.45) is 11.0 Å². The topological polar surface area (TPSA) is 79.9 Å². The van der Waals surface area contributed by atoms with E-state index in [9.17, 15) is 0 Å². The van der Waals surface area contributed by atoms with Gasteiger partial charge in [0.05, 0.1) is 25.1 Å². The van der Waals surface area contributed by atoms with E-state index in [4.69, 9.17) is 14.8 Å². The number of nitrogens with one attached hydrogen (secondary N) is 1. The monoisotopic (exact) mass is 443 g/mol. The summed E-state index contributed by atoms with van der Waals surface area (Å²) < 4.78 is 7.41. The van der Waals surface area contributed by atoms with E-state index in [0.717, 1.165) is 47.0 Å². The molecule has 3 aromatic heterocycles. The van der Waals surface area contributed by atoms with E-state index >= 15 is 0 Å². The molecule has 1 aliphatic rings. The second kappa shape index (κ2) is 10.2. The quantitative estimate of drug-likeness (QED) is 0.317. The molecule has 8 heteroatoms. The standard InChI is InChI=1S/C25H29N7O/c1-5-20(14-19(4)18(2)3)17-27-29-23-16-25(31-10-12-33-13-11-31)32-24(28-23)15-22(30-32)21-6-8-26-9-7-21/h5-9,14-18H,1,4,10-13H2,2-3H3,(H,28,29)/b20-14+,27-17+. The molecule has 8 nitrogen and oxygen atoms in total. The first-order chi connectivity index (χ1) is 16.0. The van der Waals surface area contributed by atoms with Crippen LogP contribution in [0.1, 0.15) is 13.8 Å². The number of pyridine rings is 1. The van der Waals surface area contributed by atoms with Crippen molar-refractivity contribution in [3.63, 3.8) is 0 Å². The van der Waals surface area contributed by atoms with Gasteiger partial charge in [0, 0.05) is 43.2 Å². The number of hydrogen-bond donors (Lipinski definition) is 1. The van der Waals surface area contributed by atoms with Gasteiger partial charge in [-0.1, -0.05) is 44.7 Å². The van der Waals surface area contributed by atoms with Crippen molar-refractivity contribution in [2.75, 3.05) is 36.6 Å². The van der Waals surface area contributed by atoms with E-state index in [1.54, 1.807) is 24.7 Å². The second-order valence-electron chi connectivity index (χ2n) is 8.08. The lowest BCUT2D eigenvalue weighted by Gasteiger charge is -2.29. The minimum Gasteiger partial charge on any atom is -0.378 e. The third-order valence-corrected chi connectivity index (χ3v) is 5.44. The smallest absolute Gasteiger partial charge is 0.160 e. The number of nitrogens with zero attached hydrogens (tertiary/aromatic N) is 6. The maximum absolute atomic E-state index is 5.53. The first-order valence-electron chi connectivity index (χ1n) is 11.0. The van der Waals surface area contributed by atoms with Crippen molar-refractivity contribution >= 4 is 23.5 Å². The fourth-order valence-corrected chi connectivity index (χ4v) is 3.40. The molecular formula is C25H29N7O. The Balaban J connectivity index is 1.66. The number of ether oxygens (including phenoxy) is 1. The van der Waals surface area contributed by atoms with Crippen LogP contribution in [0.4, 0.5) is 11.6 Å². The largest absolute Gasteiger partial charge is 0.378 e. The fourth-order valence-electron chi connectivity index (χ4n) is 3.40. The summed E-state index contributed by atoms with van der Waals surface area (Å²) in [6.07, 6.45) is 8.98. The van der Waals surface area contributed by atoms with E-state index in [-0.39, 0.29) is 0 Å². The zero-order chi connectivity index (χ0) is 23.2. The Kier molecular flexibility index (Phi) is 6.95. The van der Waals surface area contributed by atoms with Gasteiger partial charge in [-0.15, -0.1) is 0 Å². The van der Waals surface area contributed by atoms with Crippen LogP contribution in [0.25, 0.3) is 16.9 Å². The lowest BCUT2D eigenvalue weighted by atomic mass is 10.0. The van der Waals surface area contributed by atoms with Crippen LogP contribution >= 0.6 is 0 Å². The van der Waals surface area contributed by atoms with Gasteiger partial charge in [0.25, 0.3) is 0 Å². The normalized spacial score (nSPS) is 14.9. The number of fused-ring (bicyclic) bond motifs is 1. The molecule has 4 rings (SSSR count). The van der Waals surface area contributed by atoms with Crippen LogP contribution in [0.15, 0.2) is 78.2 Å². The Bertz CT molecular complexity index is 1190. The number of hydrazone groups is 1. The Labute approximate surface area is 194 Å². The first-order valence-corrected chi connectivity index (χ1v) is 11.0. The molecule has 170 valence electrons. The molecule has 0 saturated carbocycles. The third-order valence-electron chi connectivity index (χ3n) is 5.44. The summed E-state index contributed by atoms with van der Waals surface area (Å²) in [4.78, 5) is 11.1. The Morgan fingerprint density at radius 2 is 1.97 bits per heavy atom. The van der Waals surface area contributed by atoms with Gasteiger partial charge < -0.3 is 9.64 Å².